The van der Waals surface area contributed by atoms with Crippen molar-refractivity contribution < 1.29 is 19.0 Å². The Kier molecular flexibility index (Phi) is 5.95. The Morgan fingerprint density at radius 3 is 2.45 bits per heavy atom. The second-order valence-electron chi connectivity index (χ2n) is 8.28. The summed E-state index contributed by atoms with van der Waals surface area (Å²) in [5.41, 5.74) is 3.16. The Labute approximate surface area is 182 Å². The van der Waals surface area contributed by atoms with E-state index in [1.807, 2.05) is 23.1 Å². The van der Waals surface area contributed by atoms with Crippen molar-refractivity contribution in [2.45, 2.75) is 25.4 Å². The Hall–Kier alpha value is -2.77. The van der Waals surface area contributed by atoms with Gasteiger partial charge in [0.25, 0.3) is 5.91 Å². The maximum atomic E-state index is 12.6. The molecule has 0 radical (unpaired) electrons. The fourth-order valence-electron chi connectivity index (χ4n) is 4.42. The summed E-state index contributed by atoms with van der Waals surface area (Å²) in [6.07, 6.45) is 2.19. The number of carbonyl (C=O) groups excluding carboxylic acids is 1. The molecule has 7 heteroatoms. The first-order valence-corrected chi connectivity index (χ1v) is 11.1. The number of rotatable bonds is 5. The molecule has 0 atom stereocenters. The maximum absolute atomic E-state index is 12.6. The number of hydrogen-bond acceptors (Lipinski definition) is 6. The molecule has 2 aromatic rings. The molecule has 2 saturated heterocycles. The van der Waals surface area contributed by atoms with Gasteiger partial charge in [0.1, 0.15) is 0 Å². The van der Waals surface area contributed by atoms with E-state index in [4.69, 9.17) is 14.2 Å². The fraction of sp³-hybridized carbons (Fsp3) is 0.458. The largest absolute Gasteiger partial charge is 0.454 e. The van der Waals surface area contributed by atoms with E-state index in [1.54, 1.807) is 0 Å². The third kappa shape index (κ3) is 4.62. The first kappa shape index (κ1) is 20.2. The van der Waals surface area contributed by atoms with E-state index in [9.17, 15) is 4.79 Å². The topological polar surface area (TPSA) is 63.3 Å². The zero-order chi connectivity index (χ0) is 21.0. The summed E-state index contributed by atoms with van der Waals surface area (Å²) < 4.78 is 16.2. The number of nitrogens with one attached hydrogen (secondary N) is 1. The van der Waals surface area contributed by atoms with Crippen LogP contribution in [0.1, 0.15) is 28.8 Å². The summed E-state index contributed by atoms with van der Waals surface area (Å²) in [6.45, 7) is 5.77. The zero-order valence-electron chi connectivity index (χ0n) is 17.7. The fourth-order valence-corrected chi connectivity index (χ4v) is 4.42. The van der Waals surface area contributed by atoms with Crippen molar-refractivity contribution in [1.82, 2.24) is 10.2 Å². The van der Waals surface area contributed by atoms with E-state index < -0.39 is 0 Å². The standard InChI is InChI=1S/C24H29N3O4/c28-24(27-11-13-29-14-12-27)19-2-4-21(5-3-19)26-9-7-20(8-10-26)25-16-18-1-6-22-23(15-18)31-17-30-22/h1-6,15,20,25H,7-14,16-17H2. The second kappa shape index (κ2) is 9.16. The average Bonchev–Trinajstić information content (AvgIpc) is 3.31. The summed E-state index contributed by atoms with van der Waals surface area (Å²) in [4.78, 5) is 16.9. The Morgan fingerprint density at radius 2 is 1.68 bits per heavy atom. The molecular weight excluding hydrogens is 394 g/mol. The molecule has 3 aliphatic rings. The van der Waals surface area contributed by atoms with Gasteiger partial charge >= 0.3 is 0 Å². The summed E-state index contributed by atoms with van der Waals surface area (Å²) in [6, 6.07) is 14.7. The molecule has 0 bridgehead atoms. The van der Waals surface area contributed by atoms with Crippen LogP contribution >= 0.6 is 0 Å². The summed E-state index contributed by atoms with van der Waals surface area (Å²) >= 11 is 0. The molecule has 2 aromatic carbocycles. The van der Waals surface area contributed by atoms with Crippen LogP contribution < -0.4 is 19.7 Å². The van der Waals surface area contributed by atoms with Crippen molar-refractivity contribution in [1.29, 1.82) is 0 Å². The molecular formula is C24H29N3O4. The van der Waals surface area contributed by atoms with Gasteiger partial charge in [0.15, 0.2) is 11.5 Å². The molecule has 0 aromatic heterocycles. The highest BCUT2D eigenvalue weighted by molar-refractivity contribution is 5.94. The second-order valence-corrected chi connectivity index (χ2v) is 8.28. The third-order valence-corrected chi connectivity index (χ3v) is 6.30. The minimum atomic E-state index is 0.0984. The lowest BCUT2D eigenvalue weighted by atomic mass is 10.0. The van der Waals surface area contributed by atoms with Gasteiger partial charge in [0.2, 0.25) is 6.79 Å². The lowest BCUT2D eigenvalue weighted by molar-refractivity contribution is 0.0303. The van der Waals surface area contributed by atoms with Gasteiger partial charge in [-0.2, -0.15) is 0 Å². The van der Waals surface area contributed by atoms with E-state index >= 15 is 0 Å². The van der Waals surface area contributed by atoms with Crippen LogP contribution in [0.15, 0.2) is 42.5 Å². The highest BCUT2D eigenvalue weighted by Crippen LogP contribution is 2.32. The molecule has 5 rings (SSSR count). The van der Waals surface area contributed by atoms with Crippen LogP contribution in [0.5, 0.6) is 11.5 Å². The molecule has 3 heterocycles. The van der Waals surface area contributed by atoms with E-state index in [0.717, 1.165) is 49.5 Å². The van der Waals surface area contributed by atoms with Crippen molar-refractivity contribution in [3.05, 3.63) is 53.6 Å². The van der Waals surface area contributed by atoms with Gasteiger partial charge < -0.3 is 29.3 Å². The van der Waals surface area contributed by atoms with Gasteiger partial charge in [-0.1, -0.05) is 6.07 Å². The van der Waals surface area contributed by atoms with Gasteiger partial charge in [0, 0.05) is 50.0 Å². The van der Waals surface area contributed by atoms with Gasteiger partial charge in [-0.05, 0) is 54.8 Å². The van der Waals surface area contributed by atoms with Crippen molar-refractivity contribution in [3.8, 4) is 11.5 Å². The number of morpholine rings is 1. The van der Waals surface area contributed by atoms with Gasteiger partial charge in [-0.3, -0.25) is 4.79 Å². The van der Waals surface area contributed by atoms with Crippen molar-refractivity contribution in [2.24, 2.45) is 0 Å². The summed E-state index contributed by atoms with van der Waals surface area (Å²) in [5, 5.41) is 3.68. The number of amides is 1. The number of nitrogens with zero attached hydrogens (tertiary/aromatic N) is 2. The van der Waals surface area contributed by atoms with Crippen LogP contribution in [0.25, 0.3) is 0 Å². The predicted molar refractivity (Wildman–Crippen MR) is 118 cm³/mol. The van der Waals surface area contributed by atoms with Crippen molar-refractivity contribution in [2.75, 3.05) is 51.1 Å². The number of benzene rings is 2. The maximum Gasteiger partial charge on any atom is 0.254 e. The first-order chi connectivity index (χ1) is 15.3. The van der Waals surface area contributed by atoms with Crippen LogP contribution in [0.2, 0.25) is 0 Å². The molecule has 1 N–H and O–H groups in total. The van der Waals surface area contributed by atoms with Gasteiger partial charge in [-0.25, -0.2) is 0 Å². The third-order valence-electron chi connectivity index (χ3n) is 6.30. The molecule has 7 nitrogen and oxygen atoms in total. The minimum Gasteiger partial charge on any atom is -0.454 e. The van der Waals surface area contributed by atoms with E-state index in [0.29, 0.717) is 39.1 Å². The normalized spacial score (nSPS) is 19.0. The molecule has 3 aliphatic heterocycles. The molecule has 2 fully saturated rings. The zero-order valence-corrected chi connectivity index (χ0v) is 17.7. The lowest BCUT2D eigenvalue weighted by Gasteiger charge is -2.34. The smallest absolute Gasteiger partial charge is 0.254 e. The first-order valence-electron chi connectivity index (χ1n) is 11.1. The Morgan fingerprint density at radius 1 is 0.935 bits per heavy atom. The molecule has 0 saturated carbocycles. The van der Waals surface area contributed by atoms with Crippen LogP contribution in [-0.4, -0.2) is 63.0 Å². The number of piperidine rings is 1. The molecule has 0 unspecified atom stereocenters. The van der Waals surface area contributed by atoms with Gasteiger partial charge in [-0.15, -0.1) is 0 Å². The predicted octanol–water partition coefficient (Wildman–Crippen LogP) is 2.65. The van der Waals surface area contributed by atoms with E-state index in [2.05, 4.69) is 34.5 Å². The van der Waals surface area contributed by atoms with Crippen LogP contribution in [0, 0.1) is 0 Å². The quantitative estimate of drug-likeness (QED) is 0.798. The van der Waals surface area contributed by atoms with Gasteiger partial charge in [0.05, 0.1) is 13.2 Å². The number of anilines is 1. The highest BCUT2D eigenvalue weighted by Gasteiger charge is 2.21. The van der Waals surface area contributed by atoms with Crippen molar-refractivity contribution in [3.63, 3.8) is 0 Å². The molecule has 31 heavy (non-hydrogen) atoms. The lowest BCUT2D eigenvalue weighted by Crippen LogP contribution is -2.42. The Balaban J connectivity index is 1.10. The highest BCUT2D eigenvalue weighted by atomic mass is 16.7. The van der Waals surface area contributed by atoms with Crippen LogP contribution in [0.3, 0.4) is 0 Å². The molecule has 0 spiro atoms. The van der Waals surface area contributed by atoms with Crippen LogP contribution in [-0.2, 0) is 11.3 Å². The number of carbonyl (C=O) groups is 1. The average molecular weight is 424 g/mol. The monoisotopic (exact) mass is 423 g/mol. The molecule has 1 amide bonds. The van der Waals surface area contributed by atoms with E-state index in [1.165, 1.54) is 11.3 Å². The SMILES string of the molecule is O=C(c1ccc(N2CCC(NCc3ccc4c(c3)OCO4)CC2)cc1)N1CCOCC1. The number of hydrogen-bond donors (Lipinski definition) is 1. The van der Waals surface area contributed by atoms with Crippen LogP contribution in [0.4, 0.5) is 5.69 Å². The summed E-state index contributed by atoms with van der Waals surface area (Å²) in [5.74, 6) is 1.76. The van der Waals surface area contributed by atoms with Crippen molar-refractivity contribution >= 4 is 11.6 Å². The van der Waals surface area contributed by atoms with E-state index in [-0.39, 0.29) is 5.91 Å². The Bertz CT molecular complexity index is 904. The number of ether oxygens (including phenoxy) is 3. The summed E-state index contributed by atoms with van der Waals surface area (Å²) in [7, 11) is 0. The molecule has 164 valence electrons. The number of fused-ring (bicyclic) bond motifs is 1. The minimum absolute atomic E-state index is 0.0984. The molecule has 0 aliphatic carbocycles.